The van der Waals surface area contributed by atoms with E-state index in [1.807, 2.05) is 24.3 Å². The van der Waals surface area contributed by atoms with Crippen molar-refractivity contribution >= 4 is 11.6 Å². The zero-order valence-corrected chi connectivity index (χ0v) is 16.4. The molecular weight excluding hydrogens is 367 g/mol. The maximum atomic E-state index is 13.1. The zero-order valence-electron chi connectivity index (χ0n) is 16.4. The molecule has 3 aromatic rings. The van der Waals surface area contributed by atoms with Gasteiger partial charge in [-0.15, -0.1) is 0 Å². The number of piperidine rings is 1. The molecular formula is C23H23FN4O. The molecule has 0 saturated carbocycles. The number of halogens is 1. The molecule has 0 aliphatic carbocycles. The molecule has 29 heavy (non-hydrogen) atoms. The van der Waals surface area contributed by atoms with Crippen LogP contribution in [0.3, 0.4) is 0 Å². The molecule has 0 amide bonds. The van der Waals surface area contributed by atoms with Crippen LogP contribution in [0, 0.1) is 11.7 Å². The van der Waals surface area contributed by atoms with Gasteiger partial charge in [0.25, 0.3) is 0 Å². The molecule has 3 heterocycles. The molecule has 4 rings (SSSR count). The van der Waals surface area contributed by atoms with E-state index in [9.17, 15) is 9.18 Å². The summed E-state index contributed by atoms with van der Waals surface area (Å²) in [6.07, 6.45) is 4.06. The molecule has 2 aromatic heterocycles. The minimum Gasteiger partial charge on any atom is -0.356 e. The number of pyridine rings is 1. The Morgan fingerprint density at radius 3 is 2.52 bits per heavy atom. The number of ketones is 1. The summed E-state index contributed by atoms with van der Waals surface area (Å²) in [5, 5.41) is 0. The molecule has 5 nitrogen and oxygen atoms in total. The summed E-state index contributed by atoms with van der Waals surface area (Å²) in [6.45, 7) is 3.57. The molecule has 1 aliphatic rings. The first kappa shape index (κ1) is 19.2. The first-order chi connectivity index (χ1) is 14.1. The van der Waals surface area contributed by atoms with Crippen LogP contribution in [-0.2, 0) is 6.42 Å². The molecule has 0 spiro atoms. The van der Waals surface area contributed by atoms with E-state index in [1.165, 1.54) is 12.1 Å². The van der Waals surface area contributed by atoms with E-state index in [0.29, 0.717) is 11.4 Å². The normalized spacial score (nSPS) is 14.8. The van der Waals surface area contributed by atoms with Gasteiger partial charge in [0.15, 0.2) is 11.6 Å². The quantitative estimate of drug-likeness (QED) is 0.607. The molecule has 148 valence electrons. The number of aromatic nitrogens is 3. The Morgan fingerprint density at radius 2 is 1.86 bits per heavy atom. The average molecular weight is 390 g/mol. The number of anilines is 1. The third kappa shape index (κ3) is 4.31. The first-order valence-electron chi connectivity index (χ1n) is 9.98. The van der Waals surface area contributed by atoms with Gasteiger partial charge in [0, 0.05) is 42.5 Å². The van der Waals surface area contributed by atoms with E-state index in [-0.39, 0.29) is 17.5 Å². The predicted molar refractivity (Wildman–Crippen MR) is 110 cm³/mol. The Morgan fingerprint density at radius 1 is 1.10 bits per heavy atom. The number of carbonyl (C=O) groups is 1. The second-order valence-electron chi connectivity index (χ2n) is 7.24. The van der Waals surface area contributed by atoms with Crippen molar-refractivity contribution in [1.29, 1.82) is 0 Å². The van der Waals surface area contributed by atoms with Crippen LogP contribution in [0.5, 0.6) is 0 Å². The molecule has 1 aliphatic heterocycles. The van der Waals surface area contributed by atoms with Crippen LogP contribution < -0.4 is 4.90 Å². The van der Waals surface area contributed by atoms with Crippen LogP contribution in [0.15, 0.2) is 54.7 Å². The van der Waals surface area contributed by atoms with Crippen molar-refractivity contribution in [3.05, 3.63) is 71.8 Å². The predicted octanol–water partition coefficient (Wildman–Crippen LogP) is 4.34. The minimum absolute atomic E-state index is 0.0422. The van der Waals surface area contributed by atoms with Crippen molar-refractivity contribution in [2.45, 2.75) is 26.2 Å². The Hall–Kier alpha value is -3.15. The molecule has 6 heteroatoms. The summed E-state index contributed by atoms with van der Waals surface area (Å²) in [5.41, 5.74) is 2.31. The van der Waals surface area contributed by atoms with Crippen LogP contribution in [0.25, 0.3) is 11.5 Å². The van der Waals surface area contributed by atoms with E-state index in [4.69, 9.17) is 4.98 Å². The van der Waals surface area contributed by atoms with Crippen molar-refractivity contribution in [1.82, 2.24) is 15.0 Å². The fourth-order valence-corrected chi connectivity index (χ4v) is 3.66. The van der Waals surface area contributed by atoms with Crippen molar-refractivity contribution in [3.8, 4) is 11.5 Å². The van der Waals surface area contributed by atoms with Crippen molar-refractivity contribution in [2.75, 3.05) is 18.0 Å². The Balaban J connectivity index is 1.49. The van der Waals surface area contributed by atoms with E-state index in [2.05, 4.69) is 21.8 Å². The van der Waals surface area contributed by atoms with Gasteiger partial charge in [-0.25, -0.2) is 14.4 Å². The lowest BCUT2D eigenvalue weighted by molar-refractivity contribution is 0.0900. The SMILES string of the molecule is CCc1cc(N2CCC(C(=O)c3ccc(F)cc3)CC2)nc(-c2ccccn2)n1. The third-order valence-corrected chi connectivity index (χ3v) is 5.34. The number of hydrogen-bond donors (Lipinski definition) is 0. The van der Waals surface area contributed by atoms with Crippen LogP contribution in [-0.4, -0.2) is 33.8 Å². The number of hydrogen-bond acceptors (Lipinski definition) is 5. The number of nitrogens with zero attached hydrogens (tertiary/aromatic N) is 4. The fourth-order valence-electron chi connectivity index (χ4n) is 3.66. The van der Waals surface area contributed by atoms with Crippen molar-refractivity contribution in [3.63, 3.8) is 0 Å². The van der Waals surface area contributed by atoms with Crippen LogP contribution in [0.4, 0.5) is 10.2 Å². The molecule has 0 N–H and O–H groups in total. The smallest absolute Gasteiger partial charge is 0.180 e. The van der Waals surface area contributed by atoms with Crippen LogP contribution in [0.1, 0.15) is 35.8 Å². The number of Topliss-reactive ketones (excluding diaryl/α,β-unsaturated/α-hetero) is 1. The van der Waals surface area contributed by atoms with Gasteiger partial charge < -0.3 is 4.90 Å². The summed E-state index contributed by atoms with van der Waals surface area (Å²) in [6, 6.07) is 13.6. The molecule has 1 fully saturated rings. The molecule has 0 radical (unpaired) electrons. The highest BCUT2D eigenvalue weighted by atomic mass is 19.1. The number of carbonyl (C=O) groups excluding carboxylic acids is 1. The fraction of sp³-hybridized carbons (Fsp3) is 0.304. The Labute approximate surface area is 169 Å². The van der Waals surface area contributed by atoms with E-state index >= 15 is 0 Å². The third-order valence-electron chi connectivity index (χ3n) is 5.34. The minimum atomic E-state index is -0.324. The summed E-state index contributed by atoms with van der Waals surface area (Å²) in [5.74, 6) is 1.24. The second kappa shape index (κ2) is 8.47. The first-order valence-corrected chi connectivity index (χ1v) is 9.98. The molecule has 0 atom stereocenters. The summed E-state index contributed by atoms with van der Waals surface area (Å²) in [4.78, 5) is 28.7. The number of rotatable bonds is 5. The lowest BCUT2D eigenvalue weighted by atomic mass is 9.89. The maximum Gasteiger partial charge on any atom is 0.180 e. The van der Waals surface area contributed by atoms with E-state index < -0.39 is 0 Å². The highest BCUT2D eigenvalue weighted by molar-refractivity contribution is 5.98. The standard InChI is InChI=1S/C23H23FN4O/c1-2-19-15-21(27-23(26-19)20-5-3-4-12-25-20)28-13-10-17(11-14-28)22(29)16-6-8-18(24)9-7-16/h3-9,12,15,17H,2,10-11,13-14H2,1H3. The van der Waals surface area contributed by atoms with Gasteiger partial charge in [-0.1, -0.05) is 13.0 Å². The van der Waals surface area contributed by atoms with E-state index in [1.54, 1.807) is 18.3 Å². The van der Waals surface area contributed by atoms with Crippen molar-refractivity contribution < 1.29 is 9.18 Å². The lowest BCUT2D eigenvalue weighted by Crippen LogP contribution is -2.37. The van der Waals surface area contributed by atoms with Crippen LogP contribution in [0.2, 0.25) is 0 Å². The Kier molecular flexibility index (Phi) is 5.60. The summed E-state index contributed by atoms with van der Waals surface area (Å²) < 4.78 is 13.1. The average Bonchev–Trinajstić information content (AvgIpc) is 2.79. The number of aryl methyl sites for hydroxylation is 1. The van der Waals surface area contributed by atoms with Gasteiger partial charge in [-0.2, -0.15) is 0 Å². The molecule has 0 bridgehead atoms. The van der Waals surface area contributed by atoms with Gasteiger partial charge in [-0.3, -0.25) is 9.78 Å². The number of benzene rings is 1. The van der Waals surface area contributed by atoms with Gasteiger partial charge in [0.05, 0.1) is 0 Å². The zero-order chi connectivity index (χ0) is 20.2. The largest absolute Gasteiger partial charge is 0.356 e. The highest BCUT2D eigenvalue weighted by Gasteiger charge is 2.27. The lowest BCUT2D eigenvalue weighted by Gasteiger charge is -2.32. The van der Waals surface area contributed by atoms with E-state index in [0.717, 1.165) is 49.6 Å². The topological polar surface area (TPSA) is 59.0 Å². The summed E-state index contributed by atoms with van der Waals surface area (Å²) in [7, 11) is 0. The van der Waals surface area contributed by atoms with Gasteiger partial charge in [-0.05, 0) is 55.7 Å². The molecule has 1 saturated heterocycles. The van der Waals surface area contributed by atoms with Crippen LogP contribution >= 0.6 is 0 Å². The Bertz CT molecular complexity index is 984. The molecule has 0 unspecified atom stereocenters. The van der Waals surface area contributed by atoms with Gasteiger partial charge in [0.1, 0.15) is 17.3 Å². The second-order valence-corrected chi connectivity index (χ2v) is 7.24. The van der Waals surface area contributed by atoms with Gasteiger partial charge in [0.2, 0.25) is 0 Å². The summed E-state index contributed by atoms with van der Waals surface area (Å²) >= 11 is 0. The highest BCUT2D eigenvalue weighted by Crippen LogP contribution is 2.26. The van der Waals surface area contributed by atoms with Crippen molar-refractivity contribution in [2.24, 2.45) is 5.92 Å². The maximum absolute atomic E-state index is 13.1. The monoisotopic (exact) mass is 390 g/mol. The van der Waals surface area contributed by atoms with Gasteiger partial charge >= 0.3 is 0 Å². The molecule has 1 aromatic carbocycles.